The van der Waals surface area contributed by atoms with Crippen molar-refractivity contribution in [2.24, 2.45) is 5.73 Å². The fraction of sp³-hybridized carbons (Fsp3) is 0.625. The molecule has 1 aromatic carbocycles. The van der Waals surface area contributed by atoms with Gasteiger partial charge in [0.15, 0.2) is 6.29 Å². The fourth-order valence-corrected chi connectivity index (χ4v) is 3.70. The Bertz CT molecular complexity index is 723. The van der Waals surface area contributed by atoms with Crippen LogP contribution in [0.5, 0.6) is 0 Å². The summed E-state index contributed by atoms with van der Waals surface area (Å²) in [6.07, 6.45) is -0.207. The number of primary amides is 1. The molecular weight excluding hydrogens is 499 g/mol. The Morgan fingerprint density at radius 1 is 1.33 bits per heavy atom. The zero-order valence-electron chi connectivity index (χ0n) is 21.7. The number of amides is 2. The van der Waals surface area contributed by atoms with Crippen LogP contribution in [0.3, 0.4) is 0 Å². The van der Waals surface area contributed by atoms with Crippen molar-refractivity contribution in [2.75, 3.05) is 24.7 Å². The predicted octanol–water partition coefficient (Wildman–Crippen LogP) is -2.64. The molecule has 2 amide bonds. The Kier molecular flexibility index (Phi) is 23.6. The Morgan fingerprint density at radius 3 is 2.47 bits per heavy atom. The van der Waals surface area contributed by atoms with Crippen LogP contribution in [0.15, 0.2) is 24.3 Å². The van der Waals surface area contributed by atoms with Gasteiger partial charge in [0.1, 0.15) is 0 Å². The Hall–Kier alpha value is -1.18. The maximum Gasteiger partial charge on any atom is 1.00 e. The van der Waals surface area contributed by atoms with Crippen LogP contribution in [-0.4, -0.2) is 77.8 Å². The van der Waals surface area contributed by atoms with Gasteiger partial charge in [0.25, 0.3) is 5.91 Å². The van der Waals surface area contributed by atoms with E-state index in [1.807, 2.05) is 30.8 Å². The average Bonchev–Trinajstić information content (AvgIpc) is 2.79. The number of rotatable bonds is 11. The summed E-state index contributed by atoms with van der Waals surface area (Å²) in [5.74, 6) is 1.63. The van der Waals surface area contributed by atoms with Crippen molar-refractivity contribution in [3.8, 4) is 0 Å². The third kappa shape index (κ3) is 19.0. The van der Waals surface area contributed by atoms with Crippen LogP contribution >= 0.6 is 11.8 Å². The van der Waals surface area contributed by atoms with E-state index in [2.05, 4.69) is 18.0 Å². The zero-order valence-corrected chi connectivity index (χ0v) is 24.5. The number of ether oxygens (including phenoxy) is 2. The van der Waals surface area contributed by atoms with E-state index in [1.165, 1.54) is 6.92 Å². The van der Waals surface area contributed by atoms with Gasteiger partial charge in [0.05, 0.1) is 24.9 Å². The smallest absolute Gasteiger partial charge is 0.554 e. The van der Waals surface area contributed by atoms with Gasteiger partial charge in [-0.15, -0.1) is 0 Å². The van der Waals surface area contributed by atoms with Crippen LogP contribution in [0.25, 0.3) is 0 Å². The number of aliphatic hydroxyl groups excluding tert-OH is 2. The summed E-state index contributed by atoms with van der Waals surface area (Å²) >= 11 is 1.87. The van der Waals surface area contributed by atoms with Gasteiger partial charge in [-0.25, -0.2) is 0 Å². The zero-order chi connectivity index (χ0) is 26.6. The monoisotopic (exact) mass is 538 g/mol. The van der Waals surface area contributed by atoms with E-state index in [-0.39, 0.29) is 41.4 Å². The largest absolute Gasteiger partial charge is 1.00 e. The van der Waals surface area contributed by atoms with Gasteiger partial charge >= 0.3 is 29.6 Å². The van der Waals surface area contributed by atoms with Crippen molar-refractivity contribution in [1.82, 2.24) is 5.32 Å². The molecule has 36 heavy (non-hydrogen) atoms. The van der Waals surface area contributed by atoms with Crippen molar-refractivity contribution in [2.45, 2.75) is 71.1 Å². The molecular formula is C24H39N2NaO8S. The normalized spacial score (nSPS) is 19.2. The Labute approximate surface area is 240 Å². The molecule has 4 unspecified atom stereocenters. The number of nitrogens with two attached hydrogens (primary N) is 1. The number of benzene rings is 1. The maximum atomic E-state index is 12.1. The van der Waals surface area contributed by atoms with Crippen molar-refractivity contribution >= 4 is 30.0 Å². The number of nitrogens with one attached hydrogen (secondary N) is 1. The summed E-state index contributed by atoms with van der Waals surface area (Å²) in [6, 6.07) is 7.34. The second kappa shape index (κ2) is 23.0. The van der Waals surface area contributed by atoms with Gasteiger partial charge in [-0.3, -0.25) is 9.59 Å². The first-order valence-corrected chi connectivity index (χ1v) is 12.7. The molecule has 0 saturated carbocycles. The molecule has 1 aliphatic rings. The van der Waals surface area contributed by atoms with Gasteiger partial charge < -0.3 is 40.6 Å². The first-order valence-electron chi connectivity index (χ1n) is 11.5. The van der Waals surface area contributed by atoms with Gasteiger partial charge in [-0.05, 0) is 43.4 Å². The summed E-state index contributed by atoms with van der Waals surface area (Å²) < 4.78 is 11.5. The topological polar surface area (TPSA) is 171 Å². The molecule has 1 aromatic rings. The number of aryl methyl sites for hydroxylation is 1. The minimum Gasteiger partial charge on any atom is -0.554 e. The third-order valence-corrected chi connectivity index (χ3v) is 5.69. The van der Waals surface area contributed by atoms with Crippen LogP contribution in [0.2, 0.25) is 0 Å². The van der Waals surface area contributed by atoms with Gasteiger partial charge in [0, 0.05) is 38.3 Å². The molecule has 10 nitrogen and oxygen atoms in total. The summed E-state index contributed by atoms with van der Waals surface area (Å²) in [6.45, 7) is 5.82. The molecule has 0 bridgehead atoms. The van der Waals surface area contributed by atoms with E-state index in [9.17, 15) is 19.8 Å². The second-order valence-electron chi connectivity index (χ2n) is 7.84. The molecule has 1 fully saturated rings. The van der Waals surface area contributed by atoms with E-state index < -0.39 is 31.1 Å². The fourth-order valence-electron chi connectivity index (χ4n) is 3.09. The quantitative estimate of drug-likeness (QED) is 0.134. The van der Waals surface area contributed by atoms with Crippen molar-refractivity contribution in [1.29, 1.82) is 0 Å². The molecule has 0 radical (unpaired) electrons. The predicted molar refractivity (Wildman–Crippen MR) is 133 cm³/mol. The van der Waals surface area contributed by atoms with Crippen LogP contribution < -0.4 is 45.7 Å². The minimum absolute atomic E-state index is 0. The molecule has 200 valence electrons. The average molecular weight is 539 g/mol. The van der Waals surface area contributed by atoms with Crippen molar-refractivity contribution in [3.05, 3.63) is 35.4 Å². The number of carbonyl (C=O) groups is 3. The molecule has 1 saturated heterocycles. The number of hydrogen-bond donors (Lipinski definition) is 4. The molecule has 1 heterocycles. The summed E-state index contributed by atoms with van der Waals surface area (Å²) in [5.41, 5.74) is 6.17. The molecule has 12 heteroatoms. The van der Waals surface area contributed by atoms with Gasteiger partial charge in [-0.1, -0.05) is 24.6 Å². The molecule has 1 aliphatic heterocycles. The van der Waals surface area contributed by atoms with E-state index in [4.69, 9.17) is 19.4 Å². The van der Waals surface area contributed by atoms with Gasteiger partial charge in [-0.2, -0.15) is 11.8 Å². The van der Waals surface area contributed by atoms with E-state index in [0.717, 1.165) is 23.5 Å². The first kappa shape index (κ1) is 37.0. The number of thioether (sulfide) groups is 1. The van der Waals surface area contributed by atoms with E-state index >= 15 is 0 Å². The molecule has 4 atom stereocenters. The summed E-state index contributed by atoms with van der Waals surface area (Å²) in [4.78, 5) is 29.6. The van der Waals surface area contributed by atoms with Crippen molar-refractivity contribution < 1.29 is 68.7 Å². The Balaban J connectivity index is 0. The Morgan fingerprint density at radius 2 is 1.92 bits per heavy atom. The van der Waals surface area contributed by atoms with Gasteiger partial charge in [0.2, 0.25) is 5.91 Å². The first-order chi connectivity index (χ1) is 16.6. The maximum absolute atomic E-state index is 12.1. The third-order valence-electron chi connectivity index (χ3n) is 4.70. The van der Waals surface area contributed by atoms with E-state index in [0.29, 0.717) is 38.0 Å². The molecule has 0 spiro atoms. The standard InChI is InChI=1S/C21H33NO5S.C2H5NO.CH2O2.Na/c1-3-28-12-4-11-26-20-14-17(23)13-19(27-20)18(24)9-10-22-21(25)16-7-5-15(2)6-8-16;1-2(3)4;2-1-3;/h5-8,17-20,23-24H,3-4,9-14H2,1-2H3,(H,22,25);1H3,(H2,3,4);1H,(H,2,3);/q;;;+1/p-1. The van der Waals surface area contributed by atoms with Crippen LogP contribution in [0, 0.1) is 6.92 Å². The van der Waals surface area contributed by atoms with Crippen LogP contribution in [0.4, 0.5) is 0 Å². The molecule has 2 rings (SSSR count). The van der Waals surface area contributed by atoms with E-state index in [1.54, 1.807) is 12.1 Å². The molecule has 0 aliphatic carbocycles. The summed E-state index contributed by atoms with van der Waals surface area (Å²) in [7, 11) is 0. The SMILES string of the molecule is CC(N)=O.CCSCCCOC1CC(O)CC(C(O)CCNC(=O)c2ccc(C)cc2)O1.O=C[O-].[Na+]. The van der Waals surface area contributed by atoms with Crippen molar-refractivity contribution in [3.63, 3.8) is 0 Å². The number of hydrogen-bond acceptors (Lipinski definition) is 9. The number of aliphatic hydroxyl groups is 2. The number of carboxylic acid groups (broad SMARTS) is 1. The van der Waals surface area contributed by atoms with Crippen LogP contribution in [-0.2, 0) is 19.1 Å². The molecule has 0 aromatic heterocycles. The molecule has 5 N–H and O–H groups in total. The number of carbonyl (C=O) groups excluding carboxylic acids is 3. The second-order valence-corrected chi connectivity index (χ2v) is 9.23. The minimum atomic E-state index is -0.769. The summed E-state index contributed by atoms with van der Waals surface area (Å²) in [5, 5.41) is 31.6. The van der Waals surface area contributed by atoms with Crippen LogP contribution in [0.1, 0.15) is 55.5 Å².